The molecule has 3 rings (SSSR count). The largest absolute Gasteiger partial charge is 0.351 e. The molecule has 1 aliphatic carbocycles. The molecule has 1 fully saturated rings. The number of rotatable bonds is 5. The molecule has 1 aliphatic rings. The SMILES string of the molecule is CC(C)(C(=O)N[C@H]1C[C@H]1c1ccc(F)cc1)n1cc([N+](=O)[O-])cn1. The van der Waals surface area contributed by atoms with Crippen molar-refractivity contribution >= 4 is 11.6 Å². The van der Waals surface area contributed by atoms with Crippen molar-refractivity contribution in [3.63, 3.8) is 0 Å². The summed E-state index contributed by atoms with van der Waals surface area (Å²) >= 11 is 0. The molecule has 1 saturated carbocycles. The van der Waals surface area contributed by atoms with Crippen LogP contribution in [-0.4, -0.2) is 26.7 Å². The lowest BCUT2D eigenvalue weighted by molar-refractivity contribution is -0.385. The Morgan fingerprint density at radius 2 is 2.08 bits per heavy atom. The molecule has 2 atom stereocenters. The number of nitrogens with one attached hydrogen (secondary N) is 1. The van der Waals surface area contributed by atoms with Gasteiger partial charge < -0.3 is 5.32 Å². The van der Waals surface area contributed by atoms with Gasteiger partial charge in [0, 0.05) is 12.0 Å². The summed E-state index contributed by atoms with van der Waals surface area (Å²) in [5, 5.41) is 17.6. The van der Waals surface area contributed by atoms with Crippen LogP contribution in [0.5, 0.6) is 0 Å². The smallest absolute Gasteiger partial charge is 0.307 e. The number of benzene rings is 1. The number of aromatic nitrogens is 2. The zero-order valence-corrected chi connectivity index (χ0v) is 13.3. The second kappa shape index (κ2) is 5.70. The van der Waals surface area contributed by atoms with Crippen LogP contribution < -0.4 is 5.32 Å². The van der Waals surface area contributed by atoms with Crippen LogP contribution in [0.25, 0.3) is 0 Å². The molecule has 0 bridgehead atoms. The van der Waals surface area contributed by atoms with Gasteiger partial charge in [-0.2, -0.15) is 5.10 Å². The van der Waals surface area contributed by atoms with E-state index in [0.717, 1.165) is 18.2 Å². The van der Waals surface area contributed by atoms with Crippen LogP contribution in [0, 0.1) is 15.9 Å². The van der Waals surface area contributed by atoms with Gasteiger partial charge >= 0.3 is 5.69 Å². The van der Waals surface area contributed by atoms with E-state index in [-0.39, 0.29) is 29.4 Å². The van der Waals surface area contributed by atoms with Gasteiger partial charge in [-0.05, 0) is 38.0 Å². The molecule has 7 nitrogen and oxygen atoms in total. The van der Waals surface area contributed by atoms with Gasteiger partial charge in [-0.15, -0.1) is 0 Å². The van der Waals surface area contributed by atoms with Crippen LogP contribution in [-0.2, 0) is 10.3 Å². The molecule has 1 amide bonds. The fraction of sp³-hybridized carbons (Fsp3) is 0.375. The van der Waals surface area contributed by atoms with Crippen LogP contribution in [0.3, 0.4) is 0 Å². The summed E-state index contributed by atoms with van der Waals surface area (Å²) in [6, 6.07) is 6.22. The van der Waals surface area contributed by atoms with Crippen molar-refractivity contribution in [3.05, 3.63) is 58.2 Å². The van der Waals surface area contributed by atoms with Crippen molar-refractivity contribution in [1.82, 2.24) is 15.1 Å². The van der Waals surface area contributed by atoms with Crippen LogP contribution in [0.4, 0.5) is 10.1 Å². The van der Waals surface area contributed by atoms with Crippen molar-refractivity contribution in [2.45, 2.75) is 37.8 Å². The third kappa shape index (κ3) is 2.99. The maximum Gasteiger partial charge on any atom is 0.307 e. The summed E-state index contributed by atoms with van der Waals surface area (Å²) in [6.45, 7) is 3.29. The summed E-state index contributed by atoms with van der Waals surface area (Å²) in [5.41, 5.74) is -0.231. The van der Waals surface area contributed by atoms with Gasteiger partial charge in [0.15, 0.2) is 0 Å². The van der Waals surface area contributed by atoms with E-state index in [0.29, 0.717) is 0 Å². The minimum atomic E-state index is -1.05. The Morgan fingerprint density at radius 3 is 2.67 bits per heavy atom. The summed E-state index contributed by atoms with van der Waals surface area (Å²) in [4.78, 5) is 22.7. The van der Waals surface area contributed by atoms with Gasteiger partial charge in [0.05, 0.1) is 4.92 Å². The zero-order valence-electron chi connectivity index (χ0n) is 13.3. The lowest BCUT2D eigenvalue weighted by Crippen LogP contribution is -2.45. The highest BCUT2D eigenvalue weighted by Crippen LogP contribution is 2.41. The van der Waals surface area contributed by atoms with Crippen molar-refractivity contribution in [2.75, 3.05) is 0 Å². The van der Waals surface area contributed by atoms with E-state index in [2.05, 4.69) is 10.4 Å². The van der Waals surface area contributed by atoms with E-state index in [4.69, 9.17) is 0 Å². The van der Waals surface area contributed by atoms with E-state index in [1.807, 2.05) is 0 Å². The average Bonchev–Trinajstić information content (AvgIpc) is 3.10. The van der Waals surface area contributed by atoms with Crippen LogP contribution in [0.15, 0.2) is 36.7 Å². The second-order valence-electron chi connectivity index (χ2n) is 6.43. The van der Waals surface area contributed by atoms with Crippen molar-refractivity contribution in [2.24, 2.45) is 0 Å². The molecule has 0 spiro atoms. The quantitative estimate of drug-likeness (QED) is 0.672. The Balaban J connectivity index is 1.66. The number of amides is 1. The van der Waals surface area contributed by atoms with E-state index in [1.165, 1.54) is 23.0 Å². The summed E-state index contributed by atoms with van der Waals surface area (Å²) in [7, 11) is 0. The minimum Gasteiger partial charge on any atom is -0.351 e. The molecule has 8 heteroatoms. The molecule has 24 heavy (non-hydrogen) atoms. The monoisotopic (exact) mass is 332 g/mol. The van der Waals surface area contributed by atoms with Crippen molar-refractivity contribution in [1.29, 1.82) is 0 Å². The van der Waals surface area contributed by atoms with Crippen molar-refractivity contribution < 1.29 is 14.1 Å². The molecule has 2 aromatic rings. The Hall–Kier alpha value is -2.77. The Bertz CT molecular complexity index is 785. The van der Waals surface area contributed by atoms with Gasteiger partial charge in [0.1, 0.15) is 23.7 Å². The summed E-state index contributed by atoms with van der Waals surface area (Å²) in [6.07, 6.45) is 3.14. The zero-order chi connectivity index (χ0) is 17.5. The Kier molecular flexibility index (Phi) is 3.82. The third-order valence-electron chi connectivity index (χ3n) is 4.31. The van der Waals surface area contributed by atoms with Gasteiger partial charge in [-0.25, -0.2) is 4.39 Å². The molecule has 0 aliphatic heterocycles. The minimum absolute atomic E-state index is 0.0206. The maximum atomic E-state index is 13.0. The predicted octanol–water partition coefficient (Wildman–Crippen LogP) is 2.34. The lowest BCUT2D eigenvalue weighted by atomic mass is 10.0. The number of halogens is 1. The van der Waals surface area contributed by atoms with Crippen LogP contribution >= 0.6 is 0 Å². The molecule has 1 N–H and O–H groups in total. The standard InChI is InChI=1S/C16H17FN4O3/c1-16(2,20-9-12(8-18-20)21(23)24)15(22)19-14-7-13(14)10-3-5-11(17)6-4-10/h3-6,8-9,13-14H,7H2,1-2H3,(H,19,22)/t13-,14-/m0/s1. The predicted molar refractivity (Wildman–Crippen MR) is 83.9 cm³/mol. The normalized spacial score (nSPS) is 19.8. The van der Waals surface area contributed by atoms with E-state index in [9.17, 15) is 19.3 Å². The fourth-order valence-corrected chi connectivity index (χ4v) is 2.60. The average molecular weight is 332 g/mol. The molecular formula is C16H17FN4O3. The van der Waals surface area contributed by atoms with Gasteiger partial charge in [-0.1, -0.05) is 12.1 Å². The highest BCUT2D eigenvalue weighted by molar-refractivity contribution is 5.84. The van der Waals surface area contributed by atoms with E-state index in [1.54, 1.807) is 26.0 Å². The first kappa shape index (κ1) is 16.1. The number of hydrogen-bond donors (Lipinski definition) is 1. The van der Waals surface area contributed by atoms with Gasteiger partial charge in [-0.3, -0.25) is 19.6 Å². The van der Waals surface area contributed by atoms with E-state index >= 15 is 0 Å². The highest BCUT2D eigenvalue weighted by atomic mass is 19.1. The maximum absolute atomic E-state index is 13.0. The Morgan fingerprint density at radius 1 is 1.42 bits per heavy atom. The first-order valence-corrected chi connectivity index (χ1v) is 7.55. The van der Waals surface area contributed by atoms with Crippen LogP contribution in [0.1, 0.15) is 31.7 Å². The van der Waals surface area contributed by atoms with Crippen LogP contribution in [0.2, 0.25) is 0 Å². The van der Waals surface area contributed by atoms with Gasteiger partial charge in [0.25, 0.3) is 0 Å². The number of nitro groups is 1. The molecule has 0 saturated heterocycles. The molecule has 1 heterocycles. The number of nitrogens with zero attached hydrogens (tertiary/aromatic N) is 3. The molecular weight excluding hydrogens is 315 g/mol. The first-order chi connectivity index (χ1) is 11.3. The lowest BCUT2D eigenvalue weighted by Gasteiger charge is -2.24. The van der Waals surface area contributed by atoms with E-state index < -0.39 is 10.5 Å². The molecule has 1 aromatic heterocycles. The second-order valence-corrected chi connectivity index (χ2v) is 6.43. The highest BCUT2D eigenvalue weighted by Gasteiger charge is 2.42. The van der Waals surface area contributed by atoms with Crippen molar-refractivity contribution in [3.8, 4) is 0 Å². The number of carbonyl (C=O) groups excluding carboxylic acids is 1. The third-order valence-corrected chi connectivity index (χ3v) is 4.31. The molecule has 0 radical (unpaired) electrons. The first-order valence-electron chi connectivity index (χ1n) is 7.55. The molecule has 126 valence electrons. The summed E-state index contributed by atoms with van der Waals surface area (Å²) in [5.74, 6) is -0.395. The molecule has 1 aromatic carbocycles. The number of hydrogen-bond acceptors (Lipinski definition) is 4. The molecule has 0 unspecified atom stereocenters. The summed E-state index contributed by atoms with van der Waals surface area (Å²) < 4.78 is 14.2. The number of carbonyl (C=O) groups is 1. The Labute approximate surface area is 137 Å². The fourth-order valence-electron chi connectivity index (χ4n) is 2.60. The topological polar surface area (TPSA) is 90.1 Å². The van der Waals surface area contributed by atoms with Gasteiger partial charge in [0.2, 0.25) is 5.91 Å².